The Balaban J connectivity index is 1.41. The number of aromatic nitrogens is 2. The van der Waals surface area contributed by atoms with Crippen molar-refractivity contribution in [2.45, 2.75) is 12.2 Å². The van der Waals surface area contributed by atoms with Crippen LogP contribution in [0.1, 0.15) is 28.4 Å². The number of thiazole rings is 1. The van der Waals surface area contributed by atoms with Crippen molar-refractivity contribution < 1.29 is 18.0 Å². The molecule has 1 aliphatic rings. The number of pyridine rings is 1. The number of amides is 1. The number of hydrogen-bond acceptors (Lipinski definition) is 6. The quantitative estimate of drug-likeness (QED) is 0.265. The van der Waals surface area contributed by atoms with E-state index in [0.29, 0.717) is 18.8 Å². The molecule has 0 bridgehead atoms. The summed E-state index contributed by atoms with van der Waals surface area (Å²) in [6, 6.07) is 31.6. The Morgan fingerprint density at radius 1 is 0.851 bits per heavy atom. The van der Waals surface area contributed by atoms with Crippen molar-refractivity contribution >= 4 is 28.9 Å². The molecule has 5 aromatic rings. The Bertz CT molecular complexity index is 2060. The summed E-state index contributed by atoms with van der Waals surface area (Å²) in [5.74, 6) is -0.646. The van der Waals surface area contributed by atoms with Crippen LogP contribution in [0, 0.1) is 11.3 Å². The standard InChI is InChI=1S/C36H28F3N5O2S/c37-36(38,39)29-16-7-8-17-30(29)44-34(46)31(23-27-15-9-10-18-41-27)47-35(44)28(24-40)33(45)43-21-19-42(20-22-43)32(25-11-3-1-4-12-25)26-13-5-2-6-14-26/h1-18,23,32H,19-22H2/b31-23+,35-28-. The molecule has 1 fully saturated rings. The van der Waals surface area contributed by atoms with Crippen molar-refractivity contribution in [3.05, 3.63) is 151 Å². The highest BCUT2D eigenvalue weighted by Crippen LogP contribution is 2.33. The van der Waals surface area contributed by atoms with E-state index in [2.05, 4.69) is 34.1 Å². The molecule has 0 aliphatic carbocycles. The van der Waals surface area contributed by atoms with E-state index in [-0.39, 0.29) is 28.3 Å². The number of rotatable bonds is 6. The van der Waals surface area contributed by atoms with Crippen molar-refractivity contribution in [3.8, 4) is 11.8 Å². The first-order valence-electron chi connectivity index (χ1n) is 14.8. The lowest BCUT2D eigenvalue weighted by atomic mass is 9.96. The van der Waals surface area contributed by atoms with Crippen LogP contribution in [0.4, 0.5) is 13.2 Å². The Kier molecular flexibility index (Phi) is 9.15. The predicted octanol–water partition coefficient (Wildman–Crippen LogP) is 4.75. The summed E-state index contributed by atoms with van der Waals surface area (Å²) in [6.07, 6.45) is -1.83. The number of carbonyl (C=O) groups excluding carboxylic acids is 1. The van der Waals surface area contributed by atoms with Crippen molar-refractivity contribution in [2.75, 3.05) is 26.2 Å². The summed E-state index contributed by atoms with van der Waals surface area (Å²) in [6.45, 7) is 1.54. The zero-order valence-corrected chi connectivity index (χ0v) is 25.8. The maximum atomic E-state index is 14.1. The topological polar surface area (TPSA) is 82.2 Å². The number of piperazine rings is 1. The molecule has 6 rings (SSSR count). The SMILES string of the molecule is N#C/C(C(=O)N1CCN(C(c2ccccc2)c2ccccc2)CC1)=c1/s/c(=C/c2ccccn2)c(=O)n1-c1ccccc1C(F)(F)F. The van der Waals surface area contributed by atoms with E-state index < -0.39 is 34.5 Å². The van der Waals surface area contributed by atoms with Gasteiger partial charge in [-0.3, -0.25) is 24.0 Å². The van der Waals surface area contributed by atoms with Crippen LogP contribution in [0.25, 0.3) is 17.3 Å². The van der Waals surface area contributed by atoms with Crippen LogP contribution >= 0.6 is 11.3 Å². The van der Waals surface area contributed by atoms with Gasteiger partial charge in [-0.2, -0.15) is 18.4 Å². The molecule has 3 aromatic carbocycles. The van der Waals surface area contributed by atoms with Gasteiger partial charge in [0.15, 0.2) is 5.57 Å². The molecule has 11 heteroatoms. The van der Waals surface area contributed by atoms with Gasteiger partial charge in [0, 0.05) is 32.4 Å². The average molecular weight is 652 g/mol. The largest absolute Gasteiger partial charge is 0.418 e. The minimum atomic E-state index is -4.79. The molecule has 3 heterocycles. The molecule has 0 radical (unpaired) electrons. The third-order valence-electron chi connectivity index (χ3n) is 7.98. The molecule has 1 aliphatic heterocycles. The molecule has 1 amide bonds. The maximum Gasteiger partial charge on any atom is 0.418 e. The summed E-state index contributed by atoms with van der Waals surface area (Å²) in [5, 5.41) is 10.3. The monoisotopic (exact) mass is 651 g/mol. The third-order valence-corrected chi connectivity index (χ3v) is 9.07. The Labute approximate surface area is 272 Å². The number of hydrogen-bond donors (Lipinski definition) is 0. The van der Waals surface area contributed by atoms with Gasteiger partial charge in [-0.05, 0) is 41.5 Å². The van der Waals surface area contributed by atoms with Gasteiger partial charge in [-0.1, -0.05) is 78.9 Å². The van der Waals surface area contributed by atoms with Gasteiger partial charge in [0.25, 0.3) is 11.5 Å². The second-order valence-corrected chi connectivity index (χ2v) is 11.9. The second-order valence-electron chi connectivity index (χ2n) is 10.9. The van der Waals surface area contributed by atoms with E-state index in [9.17, 15) is 28.0 Å². The molecule has 7 nitrogen and oxygen atoms in total. The smallest absolute Gasteiger partial charge is 0.335 e. The summed E-state index contributed by atoms with van der Waals surface area (Å²) < 4.78 is 43.1. The zero-order valence-electron chi connectivity index (χ0n) is 25.0. The first-order valence-corrected chi connectivity index (χ1v) is 15.7. The van der Waals surface area contributed by atoms with Gasteiger partial charge in [0.2, 0.25) is 0 Å². The third kappa shape index (κ3) is 6.65. The minimum Gasteiger partial charge on any atom is -0.335 e. The highest BCUT2D eigenvalue weighted by Gasteiger charge is 2.35. The number of nitriles is 1. The summed E-state index contributed by atoms with van der Waals surface area (Å²) in [7, 11) is 0. The van der Waals surface area contributed by atoms with Gasteiger partial charge in [0.1, 0.15) is 10.7 Å². The second kappa shape index (κ2) is 13.6. The van der Waals surface area contributed by atoms with Gasteiger partial charge >= 0.3 is 6.18 Å². The van der Waals surface area contributed by atoms with Crippen molar-refractivity contribution in [1.29, 1.82) is 5.26 Å². The number of benzene rings is 3. The molecule has 0 saturated carbocycles. The molecular formula is C36H28F3N5O2S. The van der Waals surface area contributed by atoms with Gasteiger partial charge in [-0.15, -0.1) is 11.3 Å². The maximum absolute atomic E-state index is 14.1. The predicted molar refractivity (Wildman–Crippen MR) is 174 cm³/mol. The van der Waals surface area contributed by atoms with E-state index in [0.717, 1.165) is 39.2 Å². The Hall–Kier alpha value is -5.31. The van der Waals surface area contributed by atoms with Crippen LogP contribution in [0.2, 0.25) is 0 Å². The van der Waals surface area contributed by atoms with E-state index in [4.69, 9.17) is 0 Å². The first-order chi connectivity index (χ1) is 22.8. The molecule has 1 saturated heterocycles. The Morgan fingerprint density at radius 3 is 2.02 bits per heavy atom. The molecule has 0 unspecified atom stereocenters. The summed E-state index contributed by atoms with van der Waals surface area (Å²) in [4.78, 5) is 35.7. The number of halogens is 3. The first kappa shape index (κ1) is 31.7. The van der Waals surface area contributed by atoms with Crippen LogP contribution in [-0.4, -0.2) is 51.4 Å². The van der Waals surface area contributed by atoms with Gasteiger partial charge in [0.05, 0.1) is 27.5 Å². The fourth-order valence-electron chi connectivity index (χ4n) is 5.79. The Morgan fingerprint density at radius 2 is 1.45 bits per heavy atom. The highest BCUT2D eigenvalue weighted by atomic mass is 32.1. The minimum absolute atomic E-state index is 0.0367. The van der Waals surface area contributed by atoms with Gasteiger partial charge < -0.3 is 4.90 Å². The normalized spacial score (nSPS) is 15.0. The van der Waals surface area contributed by atoms with Crippen molar-refractivity contribution in [2.24, 2.45) is 0 Å². The summed E-state index contributed by atoms with van der Waals surface area (Å²) >= 11 is 0.790. The molecule has 236 valence electrons. The van der Waals surface area contributed by atoms with Crippen LogP contribution in [0.5, 0.6) is 0 Å². The van der Waals surface area contributed by atoms with Crippen molar-refractivity contribution in [3.63, 3.8) is 0 Å². The fraction of sp³-hybridized carbons (Fsp3) is 0.167. The van der Waals surface area contributed by atoms with E-state index in [1.54, 1.807) is 18.2 Å². The van der Waals surface area contributed by atoms with E-state index in [1.807, 2.05) is 42.5 Å². The van der Waals surface area contributed by atoms with Crippen LogP contribution in [-0.2, 0) is 11.0 Å². The summed E-state index contributed by atoms with van der Waals surface area (Å²) in [5.41, 5.74) is -0.100. The molecule has 0 atom stereocenters. The zero-order chi connectivity index (χ0) is 33.0. The number of para-hydroxylation sites is 1. The van der Waals surface area contributed by atoms with E-state index >= 15 is 0 Å². The lowest BCUT2D eigenvalue weighted by molar-refractivity contribution is -0.137. The number of nitrogens with zero attached hydrogens (tertiary/aromatic N) is 5. The van der Waals surface area contributed by atoms with E-state index in [1.165, 1.54) is 29.3 Å². The number of carbonyl (C=O) groups is 1. The number of alkyl halides is 3. The van der Waals surface area contributed by atoms with Crippen LogP contribution < -0.4 is 14.8 Å². The van der Waals surface area contributed by atoms with Crippen LogP contribution in [0.15, 0.2) is 114 Å². The fourth-order valence-corrected chi connectivity index (χ4v) is 6.86. The van der Waals surface area contributed by atoms with Gasteiger partial charge in [-0.25, -0.2) is 0 Å². The average Bonchev–Trinajstić information content (AvgIpc) is 3.41. The lowest BCUT2D eigenvalue weighted by Crippen LogP contribution is -2.50. The van der Waals surface area contributed by atoms with Crippen LogP contribution in [0.3, 0.4) is 0 Å². The molecule has 47 heavy (non-hydrogen) atoms. The molecule has 0 N–H and O–H groups in total. The molecule has 2 aromatic heterocycles. The lowest BCUT2D eigenvalue weighted by Gasteiger charge is -2.39. The molecule has 0 spiro atoms. The highest BCUT2D eigenvalue weighted by molar-refractivity contribution is 7.07. The molecular weight excluding hydrogens is 623 g/mol. The van der Waals surface area contributed by atoms with Crippen molar-refractivity contribution in [1.82, 2.24) is 19.4 Å².